The van der Waals surface area contributed by atoms with Crippen molar-refractivity contribution in [2.24, 2.45) is 29.1 Å². The molecular formula is C25H43NO. The number of hydrogen-bond acceptors (Lipinski definition) is 2. The molecule has 0 spiro atoms. The molecule has 3 rings (SSSR count). The number of rotatable bonds is 7. The van der Waals surface area contributed by atoms with E-state index in [0.717, 1.165) is 24.4 Å². The predicted molar refractivity (Wildman–Crippen MR) is 112 cm³/mol. The number of hydrogen-bond donors (Lipinski definition) is 0. The van der Waals surface area contributed by atoms with Gasteiger partial charge in [-0.25, -0.2) is 0 Å². The van der Waals surface area contributed by atoms with Gasteiger partial charge in [0.2, 0.25) is 0 Å². The van der Waals surface area contributed by atoms with Crippen LogP contribution in [-0.2, 0) is 4.74 Å². The number of nitrogens with zero attached hydrogens (tertiary/aromatic N) is 1. The lowest BCUT2D eigenvalue weighted by atomic mass is 9.58. The van der Waals surface area contributed by atoms with Crippen molar-refractivity contribution in [1.29, 1.82) is 5.26 Å². The maximum Gasteiger partial charge on any atom is 0.0692 e. The van der Waals surface area contributed by atoms with Gasteiger partial charge in [-0.3, -0.25) is 0 Å². The van der Waals surface area contributed by atoms with Crippen LogP contribution >= 0.6 is 0 Å². The molecule has 2 heteroatoms. The lowest BCUT2D eigenvalue weighted by Gasteiger charge is -2.45. The highest BCUT2D eigenvalue weighted by Gasteiger charge is 2.44. The average molecular weight is 374 g/mol. The summed E-state index contributed by atoms with van der Waals surface area (Å²) >= 11 is 0. The molecule has 0 aliphatic heterocycles. The van der Waals surface area contributed by atoms with Crippen LogP contribution in [0, 0.1) is 40.4 Å². The van der Waals surface area contributed by atoms with Gasteiger partial charge in [0, 0.05) is 6.61 Å². The van der Waals surface area contributed by atoms with Crippen LogP contribution in [0.25, 0.3) is 0 Å². The SMILES string of the molecule is CCCCOC1CCC(C2(C#N)CCC(C3CCC(CC)CC3)CC2)CC1. The molecule has 0 amide bonds. The first-order valence-electron chi connectivity index (χ1n) is 12.2. The van der Waals surface area contributed by atoms with Crippen molar-refractivity contribution < 1.29 is 4.74 Å². The molecule has 0 aromatic heterocycles. The minimum atomic E-state index is -0.00842. The summed E-state index contributed by atoms with van der Waals surface area (Å²) in [7, 11) is 0. The third kappa shape index (κ3) is 5.29. The molecule has 0 unspecified atom stereocenters. The van der Waals surface area contributed by atoms with Crippen LogP contribution in [0.2, 0.25) is 0 Å². The van der Waals surface area contributed by atoms with Crippen molar-refractivity contribution in [3.05, 3.63) is 0 Å². The molecule has 2 nitrogen and oxygen atoms in total. The van der Waals surface area contributed by atoms with Crippen molar-refractivity contribution >= 4 is 0 Å². The summed E-state index contributed by atoms with van der Waals surface area (Å²) in [6.45, 7) is 5.51. The van der Waals surface area contributed by atoms with Gasteiger partial charge in [-0.15, -0.1) is 0 Å². The number of nitriles is 1. The maximum absolute atomic E-state index is 10.1. The van der Waals surface area contributed by atoms with Crippen LogP contribution in [0.3, 0.4) is 0 Å². The van der Waals surface area contributed by atoms with Crippen LogP contribution in [-0.4, -0.2) is 12.7 Å². The summed E-state index contributed by atoms with van der Waals surface area (Å²) in [4.78, 5) is 0. The zero-order valence-electron chi connectivity index (χ0n) is 18.1. The van der Waals surface area contributed by atoms with E-state index in [4.69, 9.17) is 4.74 Å². The Kier molecular flexibility index (Phi) is 8.07. The molecule has 0 bridgehead atoms. The monoisotopic (exact) mass is 373 g/mol. The number of unbranched alkanes of at least 4 members (excludes halogenated alkanes) is 1. The van der Waals surface area contributed by atoms with E-state index in [-0.39, 0.29) is 5.41 Å². The Morgan fingerprint density at radius 2 is 1.48 bits per heavy atom. The molecule has 154 valence electrons. The lowest BCUT2D eigenvalue weighted by Crippen LogP contribution is -2.38. The van der Waals surface area contributed by atoms with Crippen LogP contribution in [0.1, 0.15) is 110 Å². The highest BCUT2D eigenvalue weighted by atomic mass is 16.5. The van der Waals surface area contributed by atoms with Crippen LogP contribution in [0.15, 0.2) is 0 Å². The maximum atomic E-state index is 10.1. The molecular weight excluding hydrogens is 330 g/mol. The second-order valence-corrected chi connectivity index (χ2v) is 9.99. The Hall–Kier alpha value is -0.550. The molecule has 0 N–H and O–H groups in total. The van der Waals surface area contributed by atoms with E-state index < -0.39 is 0 Å². The second-order valence-electron chi connectivity index (χ2n) is 9.99. The van der Waals surface area contributed by atoms with E-state index >= 15 is 0 Å². The topological polar surface area (TPSA) is 33.0 Å². The van der Waals surface area contributed by atoms with Crippen molar-refractivity contribution in [2.75, 3.05) is 6.61 Å². The van der Waals surface area contributed by atoms with E-state index in [9.17, 15) is 5.26 Å². The van der Waals surface area contributed by atoms with Crippen molar-refractivity contribution in [1.82, 2.24) is 0 Å². The van der Waals surface area contributed by atoms with Gasteiger partial charge >= 0.3 is 0 Å². The second kappa shape index (κ2) is 10.3. The Morgan fingerprint density at radius 3 is 2.04 bits per heavy atom. The highest BCUT2D eigenvalue weighted by molar-refractivity contribution is 5.06. The van der Waals surface area contributed by atoms with E-state index in [1.165, 1.54) is 96.3 Å². The summed E-state index contributed by atoms with van der Waals surface area (Å²) in [6, 6.07) is 2.85. The van der Waals surface area contributed by atoms with Gasteiger partial charge in [-0.05, 0) is 94.3 Å². The Bertz CT molecular complexity index is 457. The molecule has 3 aliphatic rings. The first kappa shape index (κ1) is 21.2. The van der Waals surface area contributed by atoms with E-state index in [0.29, 0.717) is 12.0 Å². The fourth-order valence-electron chi connectivity index (χ4n) is 6.48. The van der Waals surface area contributed by atoms with Gasteiger partial charge in [0.1, 0.15) is 0 Å². The summed E-state index contributed by atoms with van der Waals surface area (Å²) < 4.78 is 6.06. The Balaban J connectivity index is 1.45. The number of ether oxygens (including phenoxy) is 1. The molecule has 3 fully saturated rings. The van der Waals surface area contributed by atoms with Crippen LogP contribution < -0.4 is 0 Å². The quantitative estimate of drug-likeness (QED) is 0.439. The molecule has 3 saturated carbocycles. The smallest absolute Gasteiger partial charge is 0.0692 e. The standard InChI is InChI=1S/C25H43NO/c1-3-5-18-27-24-12-10-23(11-13-24)25(19-26)16-14-22(15-17-25)21-8-6-20(4-2)7-9-21/h20-24H,3-18H2,1-2H3. The third-order valence-corrected chi connectivity index (χ3v) is 8.59. The molecule has 0 aromatic carbocycles. The summed E-state index contributed by atoms with van der Waals surface area (Å²) in [5, 5.41) is 10.1. The first-order valence-corrected chi connectivity index (χ1v) is 12.2. The van der Waals surface area contributed by atoms with Crippen molar-refractivity contribution in [3.8, 4) is 6.07 Å². The molecule has 0 atom stereocenters. The van der Waals surface area contributed by atoms with Gasteiger partial charge in [-0.2, -0.15) is 5.26 Å². The molecule has 0 saturated heterocycles. The summed E-state index contributed by atoms with van der Waals surface area (Å²) in [6.07, 6.45) is 19.9. The summed E-state index contributed by atoms with van der Waals surface area (Å²) in [5.74, 6) is 3.51. The summed E-state index contributed by atoms with van der Waals surface area (Å²) in [5.41, 5.74) is -0.00842. The average Bonchev–Trinajstić information content (AvgIpc) is 2.74. The first-order chi connectivity index (χ1) is 13.2. The minimum absolute atomic E-state index is 0.00842. The van der Waals surface area contributed by atoms with Gasteiger partial charge in [0.15, 0.2) is 0 Å². The fourth-order valence-corrected chi connectivity index (χ4v) is 6.48. The highest BCUT2D eigenvalue weighted by Crippen LogP contribution is 2.52. The Labute approximate surface area is 168 Å². The lowest BCUT2D eigenvalue weighted by molar-refractivity contribution is -0.00805. The fraction of sp³-hybridized carbons (Fsp3) is 0.960. The van der Waals surface area contributed by atoms with Crippen molar-refractivity contribution in [2.45, 2.75) is 116 Å². The van der Waals surface area contributed by atoms with E-state index in [1.54, 1.807) is 0 Å². The zero-order chi connectivity index (χ0) is 19.1. The van der Waals surface area contributed by atoms with Gasteiger partial charge in [0.25, 0.3) is 0 Å². The van der Waals surface area contributed by atoms with E-state index in [1.807, 2.05) is 0 Å². The molecule has 0 aromatic rings. The molecule has 0 heterocycles. The van der Waals surface area contributed by atoms with E-state index in [2.05, 4.69) is 19.9 Å². The zero-order valence-corrected chi connectivity index (χ0v) is 18.1. The molecule has 27 heavy (non-hydrogen) atoms. The van der Waals surface area contributed by atoms with Gasteiger partial charge in [-0.1, -0.05) is 39.5 Å². The van der Waals surface area contributed by atoms with Crippen LogP contribution in [0.5, 0.6) is 0 Å². The minimum Gasteiger partial charge on any atom is -0.378 e. The predicted octanol–water partition coefficient (Wildman–Crippen LogP) is 7.28. The largest absolute Gasteiger partial charge is 0.378 e. The third-order valence-electron chi connectivity index (χ3n) is 8.59. The normalized spacial score (nSPS) is 40.4. The Morgan fingerprint density at radius 1 is 0.852 bits per heavy atom. The van der Waals surface area contributed by atoms with Gasteiger partial charge in [0.05, 0.1) is 17.6 Å². The van der Waals surface area contributed by atoms with Crippen LogP contribution in [0.4, 0.5) is 0 Å². The van der Waals surface area contributed by atoms with Crippen molar-refractivity contribution in [3.63, 3.8) is 0 Å². The molecule has 0 radical (unpaired) electrons. The van der Waals surface area contributed by atoms with Gasteiger partial charge < -0.3 is 4.74 Å². The molecule has 3 aliphatic carbocycles.